The smallest absolute Gasteiger partial charge is 0.416 e. The van der Waals surface area contributed by atoms with Crippen LogP contribution in [0.5, 0.6) is 5.75 Å². The fourth-order valence-electron chi connectivity index (χ4n) is 2.25. The molecule has 7 heteroatoms. The summed E-state index contributed by atoms with van der Waals surface area (Å²) in [5, 5.41) is 0. The van der Waals surface area contributed by atoms with Crippen LogP contribution in [0, 0.1) is 0 Å². The first-order chi connectivity index (χ1) is 10.5. The number of nitrogens with zero attached hydrogens (tertiary/aromatic N) is 1. The third kappa shape index (κ3) is 5.04. The molecule has 1 atom stereocenters. The van der Waals surface area contributed by atoms with Gasteiger partial charge in [-0.3, -0.25) is 0 Å². The Morgan fingerprint density at radius 2 is 1.96 bits per heavy atom. The Kier molecular flexibility index (Phi) is 4.77. The second kappa shape index (κ2) is 6.29. The van der Waals surface area contributed by atoms with Crippen LogP contribution in [0.25, 0.3) is 0 Å². The first-order valence-electron chi connectivity index (χ1n) is 7.36. The van der Waals surface area contributed by atoms with Crippen molar-refractivity contribution in [2.45, 2.75) is 45.1 Å². The summed E-state index contributed by atoms with van der Waals surface area (Å²) >= 11 is 0. The van der Waals surface area contributed by atoms with E-state index in [1.165, 1.54) is 17.0 Å². The third-order valence-corrected chi connectivity index (χ3v) is 3.26. The van der Waals surface area contributed by atoms with Crippen molar-refractivity contribution in [3.63, 3.8) is 0 Å². The van der Waals surface area contributed by atoms with E-state index in [-0.39, 0.29) is 11.9 Å². The lowest BCUT2D eigenvalue weighted by Gasteiger charge is -2.24. The van der Waals surface area contributed by atoms with E-state index in [9.17, 15) is 18.0 Å². The Balaban J connectivity index is 1.95. The number of hydrogen-bond acceptors (Lipinski definition) is 3. The van der Waals surface area contributed by atoms with Crippen LogP contribution in [0.2, 0.25) is 0 Å². The van der Waals surface area contributed by atoms with Gasteiger partial charge in [0.05, 0.1) is 12.1 Å². The molecule has 4 nitrogen and oxygen atoms in total. The third-order valence-electron chi connectivity index (χ3n) is 3.26. The maximum atomic E-state index is 12.7. The van der Waals surface area contributed by atoms with E-state index >= 15 is 0 Å². The Labute approximate surface area is 133 Å². The topological polar surface area (TPSA) is 38.8 Å². The van der Waals surface area contributed by atoms with Gasteiger partial charge in [0.1, 0.15) is 17.5 Å². The van der Waals surface area contributed by atoms with Crippen molar-refractivity contribution < 1.29 is 27.4 Å². The number of rotatable bonds is 2. The Hall–Kier alpha value is -1.92. The molecular weight excluding hydrogens is 311 g/mol. The number of carbonyl (C=O) groups is 1. The summed E-state index contributed by atoms with van der Waals surface area (Å²) in [5.74, 6) is 0.149. The summed E-state index contributed by atoms with van der Waals surface area (Å²) in [4.78, 5) is 13.4. The minimum atomic E-state index is -4.41. The minimum absolute atomic E-state index is 0.149. The zero-order valence-electron chi connectivity index (χ0n) is 13.3. The zero-order valence-corrected chi connectivity index (χ0v) is 13.3. The quantitative estimate of drug-likeness (QED) is 0.819. The average Bonchev–Trinajstić information content (AvgIpc) is 2.85. The molecule has 1 heterocycles. The Bertz CT molecular complexity index is 566. The van der Waals surface area contributed by atoms with Gasteiger partial charge in [-0.25, -0.2) is 4.79 Å². The highest BCUT2D eigenvalue weighted by atomic mass is 19.4. The lowest BCUT2D eigenvalue weighted by molar-refractivity contribution is -0.137. The number of amides is 1. The second-order valence-corrected chi connectivity index (χ2v) is 6.48. The van der Waals surface area contributed by atoms with Gasteiger partial charge in [0.15, 0.2) is 0 Å². The number of hydrogen-bond donors (Lipinski definition) is 0. The van der Waals surface area contributed by atoms with Crippen molar-refractivity contribution in [2.75, 3.05) is 13.1 Å². The van der Waals surface area contributed by atoms with E-state index in [4.69, 9.17) is 9.47 Å². The van der Waals surface area contributed by atoms with Crippen LogP contribution in [0.15, 0.2) is 24.3 Å². The summed E-state index contributed by atoms with van der Waals surface area (Å²) in [7, 11) is 0. The first-order valence-corrected chi connectivity index (χ1v) is 7.36. The highest BCUT2D eigenvalue weighted by molar-refractivity contribution is 5.68. The van der Waals surface area contributed by atoms with Crippen LogP contribution >= 0.6 is 0 Å². The maximum Gasteiger partial charge on any atom is 0.416 e. The molecule has 1 saturated heterocycles. The molecule has 2 rings (SSSR count). The van der Waals surface area contributed by atoms with E-state index in [1.54, 1.807) is 20.8 Å². The molecule has 0 aromatic heterocycles. The van der Waals surface area contributed by atoms with Gasteiger partial charge in [-0.15, -0.1) is 0 Å². The van der Waals surface area contributed by atoms with E-state index in [2.05, 4.69) is 0 Å². The molecule has 1 fully saturated rings. The summed E-state index contributed by atoms with van der Waals surface area (Å²) < 4.78 is 48.9. The highest BCUT2D eigenvalue weighted by Gasteiger charge is 2.33. The van der Waals surface area contributed by atoms with Crippen molar-refractivity contribution in [1.29, 1.82) is 0 Å². The van der Waals surface area contributed by atoms with Crippen molar-refractivity contribution in [3.8, 4) is 5.75 Å². The number of carbonyl (C=O) groups excluding carboxylic acids is 1. The van der Waals surface area contributed by atoms with Crippen LogP contribution in [0.3, 0.4) is 0 Å². The lowest BCUT2D eigenvalue weighted by atomic mass is 10.2. The molecule has 1 aromatic rings. The maximum absolute atomic E-state index is 12.7. The van der Waals surface area contributed by atoms with Gasteiger partial charge in [0.25, 0.3) is 0 Å². The molecule has 1 amide bonds. The Morgan fingerprint density at radius 3 is 2.57 bits per heavy atom. The number of likely N-dealkylation sites (tertiary alicyclic amines) is 1. The first kappa shape index (κ1) is 17.4. The van der Waals surface area contributed by atoms with Crippen LogP contribution in [0.4, 0.5) is 18.0 Å². The highest BCUT2D eigenvalue weighted by Crippen LogP contribution is 2.32. The van der Waals surface area contributed by atoms with Gasteiger partial charge in [-0.05, 0) is 39.0 Å². The molecule has 0 N–H and O–H groups in total. The summed E-state index contributed by atoms with van der Waals surface area (Å²) in [5.41, 5.74) is -1.34. The van der Waals surface area contributed by atoms with E-state index < -0.39 is 23.4 Å². The summed E-state index contributed by atoms with van der Waals surface area (Å²) in [6.07, 6.45) is -4.63. The molecule has 0 unspecified atom stereocenters. The number of alkyl halides is 3. The molecule has 1 aromatic carbocycles. The number of ether oxygens (including phenoxy) is 2. The van der Waals surface area contributed by atoms with Crippen molar-refractivity contribution >= 4 is 6.09 Å². The average molecular weight is 331 g/mol. The molecule has 23 heavy (non-hydrogen) atoms. The minimum Gasteiger partial charge on any atom is -0.489 e. The molecule has 0 bridgehead atoms. The van der Waals surface area contributed by atoms with Gasteiger partial charge in [0, 0.05) is 13.0 Å². The molecular formula is C16H20F3NO3. The lowest BCUT2D eigenvalue weighted by Crippen LogP contribution is -2.36. The van der Waals surface area contributed by atoms with Gasteiger partial charge in [-0.2, -0.15) is 13.2 Å². The van der Waals surface area contributed by atoms with Crippen molar-refractivity contribution in [3.05, 3.63) is 29.8 Å². The van der Waals surface area contributed by atoms with Gasteiger partial charge in [-0.1, -0.05) is 6.07 Å². The molecule has 1 aliphatic heterocycles. The number of halogens is 3. The van der Waals surface area contributed by atoms with Gasteiger partial charge < -0.3 is 14.4 Å². The molecule has 0 spiro atoms. The van der Waals surface area contributed by atoms with Crippen LogP contribution in [-0.2, 0) is 10.9 Å². The zero-order chi connectivity index (χ0) is 17.3. The fraction of sp³-hybridized carbons (Fsp3) is 0.562. The predicted octanol–water partition coefficient (Wildman–Crippen LogP) is 4.09. The molecule has 128 valence electrons. The Morgan fingerprint density at radius 1 is 1.26 bits per heavy atom. The van der Waals surface area contributed by atoms with Crippen LogP contribution in [-0.4, -0.2) is 35.8 Å². The fourth-order valence-corrected chi connectivity index (χ4v) is 2.25. The summed E-state index contributed by atoms with van der Waals surface area (Å²) in [6, 6.07) is 4.74. The predicted molar refractivity (Wildman–Crippen MR) is 78.3 cm³/mol. The molecule has 0 radical (unpaired) electrons. The van der Waals surface area contributed by atoms with E-state index in [1.807, 2.05) is 0 Å². The van der Waals surface area contributed by atoms with Gasteiger partial charge in [0.2, 0.25) is 0 Å². The SMILES string of the molecule is CC(C)(C)OC(=O)N1CC[C@H](Oc2cccc(C(F)(F)F)c2)C1. The number of benzene rings is 1. The molecule has 0 saturated carbocycles. The normalized spacial score (nSPS) is 18.9. The van der Waals surface area contributed by atoms with Crippen LogP contribution < -0.4 is 4.74 Å². The molecule has 0 aliphatic carbocycles. The largest absolute Gasteiger partial charge is 0.489 e. The summed E-state index contributed by atoms with van der Waals surface area (Å²) in [6.45, 7) is 6.08. The van der Waals surface area contributed by atoms with E-state index in [0.29, 0.717) is 19.5 Å². The standard InChI is InChI=1S/C16H20F3NO3/c1-15(2,3)23-14(21)20-8-7-13(10-20)22-12-6-4-5-11(9-12)16(17,18)19/h4-6,9,13H,7-8,10H2,1-3H3/t13-/m0/s1. The monoisotopic (exact) mass is 331 g/mol. The van der Waals surface area contributed by atoms with Crippen molar-refractivity contribution in [2.24, 2.45) is 0 Å². The van der Waals surface area contributed by atoms with Gasteiger partial charge >= 0.3 is 12.3 Å². The molecule has 1 aliphatic rings. The van der Waals surface area contributed by atoms with E-state index in [0.717, 1.165) is 12.1 Å². The van der Waals surface area contributed by atoms with Crippen molar-refractivity contribution in [1.82, 2.24) is 4.90 Å². The van der Waals surface area contributed by atoms with Crippen LogP contribution in [0.1, 0.15) is 32.8 Å². The second-order valence-electron chi connectivity index (χ2n) is 6.48.